The van der Waals surface area contributed by atoms with Gasteiger partial charge in [0.2, 0.25) is 5.91 Å². The molecule has 3 aliphatic rings. The van der Waals surface area contributed by atoms with Crippen LogP contribution in [-0.2, 0) is 28.5 Å². The predicted molar refractivity (Wildman–Crippen MR) is 254 cm³/mol. The Bertz CT molecular complexity index is 1680. The lowest BCUT2D eigenvalue weighted by Crippen LogP contribution is -2.58. The van der Waals surface area contributed by atoms with Gasteiger partial charge in [-0.1, -0.05) is 92.0 Å². The number of esters is 1. The SMILES string of the molecule is C[C@H]1C[C@H](O)[C@@H](C)/C=C/C=C/C=C/C=C/C=C/C=C/C=C/C(O[C@@H]2OC[C@@H](O)[C@H](N)[C@H]2O)C[C@@H](C(C(=O)NC2CC(O)C2)[C@@H](O)CCO)OCC[C@@H](O)CC(O)C(O)CCC(O)CC(O)CC(=O)O1. The molecule has 1 amide bonds. The Morgan fingerprint density at radius 1 is 0.696 bits per heavy atom. The predicted octanol–water partition coefficient (Wildman–Crippen LogP) is -0.0778. The quantitative estimate of drug-likeness (QED) is 0.142. The fourth-order valence-electron chi connectivity index (χ4n) is 7.98. The van der Waals surface area contributed by atoms with E-state index in [1.165, 1.54) is 0 Å². The van der Waals surface area contributed by atoms with Crippen LogP contribution >= 0.6 is 0 Å². The van der Waals surface area contributed by atoms with Crippen molar-refractivity contribution in [2.45, 2.75) is 182 Å². The number of ether oxygens (including phenoxy) is 4. The highest BCUT2D eigenvalue weighted by atomic mass is 16.7. The molecule has 19 heteroatoms. The number of rotatable bonds is 8. The molecule has 1 saturated heterocycles. The van der Waals surface area contributed by atoms with Crippen LogP contribution in [0.25, 0.3) is 0 Å². The first kappa shape index (κ1) is 59.8. The number of carbonyl (C=O) groups is 2. The second-order valence-electron chi connectivity index (χ2n) is 18.4. The summed E-state index contributed by atoms with van der Waals surface area (Å²) in [4.78, 5) is 26.4. The monoisotopic (exact) mass is 981 g/mol. The highest BCUT2D eigenvalue weighted by Gasteiger charge is 2.42. The lowest BCUT2D eigenvalue weighted by atomic mass is 9.86. The van der Waals surface area contributed by atoms with Gasteiger partial charge in [-0.2, -0.15) is 0 Å². The molecule has 2 heterocycles. The van der Waals surface area contributed by atoms with Crippen molar-refractivity contribution in [2.75, 3.05) is 19.8 Å². The van der Waals surface area contributed by atoms with Crippen LogP contribution in [0.2, 0.25) is 0 Å². The summed E-state index contributed by atoms with van der Waals surface area (Å²) in [6.07, 6.45) is 7.78. The normalized spacial score (nSPS) is 40.3. The van der Waals surface area contributed by atoms with E-state index >= 15 is 0 Å². The van der Waals surface area contributed by atoms with Crippen molar-refractivity contribution in [3.63, 3.8) is 0 Å². The van der Waals surface area contributed by atoms with Gasteiger partial charge in [0, 0.05) is 44.4 Å². The molecule has 2 aliphatic heterocycles. The number of nitrogens with one attached hydrogen (secondary N) is 1. The summed E-state index contributed by atoms with van der Waals surface area (Å²) in [7, 11) is 0. The highest BCUT2D eigenvalue weighted by Crippen LogP contribution is 2.28. The van der Waals surface area contributed by atoms with Gasteiger partial charge in [-0.3, -0.25) is 9.59 Å². The number of hydrogen-bond donors (Lipinski definition) is 13. The summed E-state index contributed by atoms with van der Waals surface area (Å²) < 4.78 is 23.4. The Hall–Kier alpha value is -3.48. The minimum atomic E-state index is -1.46. The van der Waals surface area contributed by atoms with E-state index in [-0.39, 0.29) is 76.5 Å². The van der Waals surface area contributed by atoms with E-state index in [0.717, 1.165) is 0 Å². The molecule has 6 unspecified atom stereocenters. The van der Waals surface area contributed by atoms with Crippen molar-refractivity contribution in [2.24, 2.45) is 17.6 Å². The van der Waals surface area contributed by atoms with Crippen molar-refractivity contribution in [3.05, 3.63) is 85.1 Å². The maximum atomic E-state index is 13.9. The smallest absolute Gasteiger partial charge is 0.308 e. The first-order valence-electron chi connectivity index (χ1n) is 24.1. The van der Waals surface area contributed by atoms with Crippen molar-refractivity contribution < 1.29 is 84.7 Å². The first-order valence-corrected chi connectivity index (χ1v) is 24.1. The number of nitrogens with two attached hydrogens (primary N) is 1. The third-order valence-electron chi connectivity index (χ3n) is 12.3. The fourth-order valence-corrected chi connectivity index (χ4v) is 7.98. The minimum Gasteiger partial charge on any atom is -0.462 e. The van der Waals surface area contributed by atoms with E-state index in [1.54, 1.807) is 61.6 Å². The molecule has 69 heavy (non-hydrogen) atoms. The minimum absolute atomic E-state index is 0.0548. The van der Waals surface area contributed by atoms with E-state index < -0.39 is 123 Å². The van der Waals surface area contributed by atoms with E-state index in [1.807, 2.05) is 37.3 Å². The number of allylic oxidation sites excluding steroid dienone is 12. The van der Waals surface area contributed by atoms with Gasteiger partial charge < -0.3 is 86.2 Å². The molecule has 19 nitrogen and oxygen atoms in total. The highest BCUT2D eigenvalue weighted by molar-refractivity contribution is 5.80. The largest absolute Gasteiger partial charge is 0.462 e. The van der Waals surface area contributed by atoms with Crippen LogP contribution in [-0.4, -0.2) is 186 Å². The van der Waals surface area contributed by atoms with E-state index in [2.05, 4.69) is 5.32 Å². The number of carbonyl (C=O) groups excluding carboxylic acids is 2. The maximum Gasteiger partial charge on any atom is 0.308 e. The Kier molecular flexibility index (Phi) is 28.2. The van der Waals surface area contributed by atoms with Crippen molar-refractivity contribution >= 4 is 11.9 Å². The summed E-state index contributed by atoms with van der Waals surface area (Å²) >= 11 is 0. The molecule has 14 N–H and O–H groups in total. The standard InChI is InChI=1S/C50H80N2O17/c1-31-15-13-11-9-7-5-3-4-6-8-10-12-14-16-38(69-50-48(64)47(51)43(62)30-67-50)29-44(46(40(59)19-21-53)49(65)52-33-24-36(56)25-33)66-22-20-35(55)27-42(61)39(58)18-17-34(54)26-37(57)28-45(63)68-32(2)23-41(31)60/h3-16,31-44,46-48,50,53-62,64H,17-30,51H2,1-2H3,(H,52,65)/b4-3+,7-5+,8-6+,11-9+,12-10+,15-13+,16-14+/t31-,32-,33?,34?,35+,36?,37?,38?,39?,40-,41-,42?,43+,44-,46?,47-,48+,50-/m0/s1. The molecule has 3 rings (SSSR count). The molecule has 0 aromatic carbocycles. The van der Waals surface area contributed by atoms with Crippen LogP contribution in [0.5, 0.6) is 0 Å². The zero-order valence-electron chi connectivity index (χ0n) is 39.8. The van der Waals surface area contributed by atoms with Gasteiger partial charge in [0.25, 0.3) is 0 Å². The number of hydrogen-bond acceptors (Lipinski definition) is 18. The second-order valence-corrected chi connectivity index (χ2v) is 18.4. The molecule has 0 aromatic heterocycles. The lowest BCUT2D eigenvalue weighted by molar-refractivity contribution is -0.255. The van der Waals surface area contributed by atoms with Crippen LogP contribution in [0.1, 0.15) is 84.5 Å². The molecular formula is C50H80N2O17. The summed E-state index contributed by atoms with van der Waals surface area (Å²) in [5.74, 6) is -2.92. The van der Waals surface area contributed by atoms with Crippen LogP contribution in [0.4, 0.5) is 0 Å². The first-order chi connectivity index (χ1) is 32.9. The molecule has 1 aliphatic carbocycles. The van der Waals surface area contributed by atoms with Crippen molar-refractivity contribution in [1.82, 2.24) is 5.32 Å². The maximum absolute atomic E-state index is 13.9. The lowest BCUT2D eigenvalue weighted by Gasteiger charge is -2.39. The van der Waals surface area contributed by atoms with Gasteiger partial charge in [0.1, 0.15) is 12.2 Å². The van der Waals surface area contributed by atoms with Crippen molar-refractivity contribution in [1.29, 1.82) is 0 Å². The molecule has 2 fully saturated rings. The van der Waals surface area contributed by atoms with Crippen LogP contribution in [0.15, 0.2) is 85.1 Å². The van der Waals surface area contributed by atoms with Gasteiger partial charge in [-0.05, 0) is 51.9 Å². The van der Waals surface area contributed by atoms with Gasteiger partial charge in [0.05, 0.1) is 92.1 Å². The van der Waals surface area contributed by atoms with E-state index in [0.29, 0.717) is 12.8 Å². The van der Waals surface area contributed by atoms with Crippen molar-refractivity contribution in [3.8, 4) is 0 Å². The summed E-state index contributed by atoms with van der Waals surface area (Å²) in [6.45, 7) is 2.51. The molecule has 0 spiro atoms. The van der Waals surface area contributed by atoms with Crippen LogP contribution in [0, 0.1) is 11.8 Å². The average Bonchev–Trinajstić information content (AvgIpc) is 3.27. The molecular weight excluding hydrogens is 901 g/mol. The van der Waals surface area contributed by atoms with Gasteiger partial charge in [0.15, 0.2) is 6.29 Å². The summed E-state index contributed by atoms with van der Waals surface area (Å²) in [5.41, 5.74) is 6.02. The molecule has 0 aromatic rings. The third-order valence-corrected chi connectivity index (χ3v) is 12.3. The Morgan fingerprint density at radius 3 is 1.90 bits per heavy atom. The van der Waals surface area contributed by atoms with Gasteiger partial charge in [-0.25, -0.2) is 0 Å². The zero-order valence-corrected chi connectivity index (χ0v) is 39.8. The molecule has 0 bridgehead atoms. The fraction of sp³-hybridized carbons (Fsp3) is 0.680. The number of amides is 1. The zero-order chi connectivity index (χ0) is 50.9. The van der Waals surface area contributed by atoms with E-state index in [4.69, 9.17) is 24.7 Å². The third kappa shape index (κ3) is 23.1. The van der Waals surface area contributed by atoms with Crippen LogP contribution < -0.4 is 11.1 Å². The summed E-state index contributed by atoms with van der Waals surface area (Å²) in [6, 6.07) is -1.49. The number of aliphatic hydroxyl groups is 11. The summed E-state index contributed by atoms with van der Waals surface area (Å²) in [5, 5.41) is 119. The molecule has 392 valence electrons. The second kappa shape index (κ2) is 32.5. The van der Waals surface area contributed by atoms with Gasteiger partial charge >= 0.3 is 5.97 Å². The molecule has 1 saturated carbocycles. The van der Waals surface area contributed by atoms with E-state index in [9.17, 15) is 65.8 Å². The number of aliphatic hydroxyl groups excluding tert-OH is 11. The van der Waals surface area contributed by atoms with Gasteiger partial charge in [-0.15, -0.1) is 0 Å². The Labute approximate surface area is 405 Å². The average molecular weight is 981 g/mol. The Morgan fingerprint density at radius 2 is 1.29 bits per heavy atom. The van der Waals surface area contributed by atoms with Crippen LogP contribution in [0.3, 0.4) is 0 Å². The molecule has 16 atom stereocenters. The topological polar surface area (TPSA) is 332 Å². The number of cyclic esters (lactones) is 1. The molecule has 0 radical (unpaired) electrons. The Balaban J connectivity index is 1.89.